The van der Waals surface area contributed by atoms with Crippen molar-refractivity contribution in [2.24, 2.45) is 23.5 Å². The van der Waals surface area contributed by atoms with Crippen LogP contribution in [0.3, 0.4) is 0 Å². The fraction of sp³-hybridized carbons (Fsp3) is 0.333. The second kappa shape index (κ2) is 5.50. The van der Waals surface area contributed by atoms with Gasteiger partial charge in [-0.1, -0.05) is 24.3 Å². The van der Waals surface area contributed by atoms with Crippen LogP contribution >= 0.6 is 0 Å². The van der Waals surface area contributed by atoms with Gasteiger partial charge in [0.05, 0.1) is 5.92 Å². The monoisotopic (exact) mass is 355 g/mol. The Morgan fingerprint density at radius 3 is 2.62 bits per heavy atom. The number of aromatic nitrogens is 1. The number of nitrogens with zero attached hydrogens (tertiary/aromatic N) is 1. The summed E-state index contributed by atoms with van der Waals surface area (Å²) < 4.78 is 0. The third kappa shape index (κ3) is 2.26. The highest BCUT2D eigenvalue weighted by molar-refractivity contribution is 6.05. The third-order valence-corrected chi connectivity index (χ3v) is 5.58. The van der Waals surface area contributed by atoms with Gasteiger partial charge in [0.15, 0.2) is 0 Å². The quantitative estimate of drug-likeness (QED) is 0.624. The Labute approximate surface area is 148 Å². The van der Waals surface area contributed by atoms with Gasteiger partial charge in [0, 0.05) is 23.5 Å². The number of rotatable bonds is 4. The molecule has 8 nitrogen and oxygen atoms in total. The maximum absolute atomic E-state index is 12.7. The first-order chi connectivity index (χ1) is 12.3. The number of pyridine rings is 1. The van der Waals surface area contributed by atoms with Gasteiger partial charge in [0.2, 0.25) is 0 Å². The lowest BCUT2D eigenvalue weighted by Crippen LogP contribution is -2.52. The van der Waals surface area contributed by atoms with E-state index in [4.69, 9.17) is 5.73 Å². The van der Waals surface area contributed by atoms with Crippen LogP contribution in [0.25, 0.3) is 10.8 Å². The van der Waals surface area contributed by atoms with Crippen LogP contribution in [0.2, 0.25) is 0 Å². The Kier molecular flexibility index (Phi) is 3.48. The van der Waals surface area contributed by atoms with Crippen LogP contribution in [-0.4, -0.2) is 44.6 Å². The second-order valence-electron chi connectivity index (χ2n) is 6.98. The SMILES string of the molecule is N[C@]1(C(=O)O)C[C@@H](NC(=O)c2nccc3ccccc23)[C@@H]2[C@@H](C(=O)O)[C@H]21. The van der Waals surface area contributed by atoms with E-state index in [9.17, 15) is 24.6 Å². The zero-order chi connectivity index (χ0) is 18.6. The minimum absolute atomic E-state index is 0.00203. The molecular weight excluding hydrogens is 338 g/mol. The predicted molar refractivity (Wildman–Crippen MR) is 90.3 cm³/mol. The van der Waals surface area contributed by atoms with Crippen molar-refractivity contribution in [2.75, 3.05) is 0 Å². The van der Waals surface area contributed by atoms with Crippen LogP contribution < -0.4 is 11.1 Å². The maximum Gasteiger partial charge on any atom is 0.324 e. The van der Waals surface area contributed by atoms with Crippen LogP contribution in [0.1, 0.15) is 16.9 Å². The van der Waals surface area contributed by atoms with Gasteiger partial charge in [-0.25, -0.2) is 0 Å². The summed E-state index contributed by atoms with van der Waals surface area (Å²) in [5.74, 6) is -4.79. The standard InChI is InChI=1S/C18H17N3O5/c19-18(17(25)26)7-10(11-12(13(11)18)16(23)24)21-15(22)14-9-4-2-1-3-8(9)5-6-20-14/h1-6,10-13H,7,19H2,(H,21,22)(H,23,24)(H,25,26)/t10-,11-,12-,13+,18-/m1/s1. The molecule has 4 rings (SSSR count). The van der Waals surface area contributed by atoms with Gasteiger partial charge in [-0.2, -0.15) is 0 Å². The molecule has 26 heavy (non-hydrogen) atoms. The summed E-state index contributed by atoms with van der Waals surface area (Å²) in [7, 11) is 0. The van der Waals surface area contributed by atoms with E-state index in [2.05, 4.69) is 10.3 Å². The second-order valence-corrected chi connectivity index (χ2v) is 6.98. The summed E-state index contributed by atoms with van der Waals surface area (Å²) in [4.78, 5) is 39.8. The molecule has 5 atom stereocenters. The van der Waals surface area contributed by atoms with Crippen molar-refractivity contribution in [1.29, 1.82) is 0 Å². The van der Waals surface area contributed by atoms with E-state index in [0.717, 1.165) is 5.39 Å². The Hall–Kier alpha value is -3.00. The van der Waals surface area contributed by atoms with Crippen molar-refractivity contribution >= 4 is 28.6 Å². The average molecular weight is 355 g/mol. The molecule has 5 N–H and O–H groups in total. The molecule has 2 aromatic rings. The van der Waals surface area contributed by atoms with E-state index in [1.54, 1.807) is 18.2 Å². The summed E-state index contributed by atoms with van der Waals surface area (Å²) in [6, 6.07) is 8.45. The van der Waals surface area contributed by atoms with Crippen molar-refractivity contribution in [3.63, 3.8) is 0 Å². The average Bonchev–Trinajstić information content (AvgIpc) is 3.30. The minimum atomic E-state index is -1.64. The molecule has 2 aliphatic carbocycles. The van der Waals surface area contributed by atoms with Gasteiger partial charge in [-0.3, -0.25) is 19.4 Å². The Bertz CT molecular complexity index is 940. The lowest BCUT2D eigenvalue weighted by atomic mass is 9.90. The number of nitrogens with one attached hydrogen (secondary N) is 1. The van der Waals surface area contributed by atoms with Crippen LogP contribution in [-0.2, 0) is 9.59 Å². The molecule has 2 saturated carbocycles. The van der Waals surface area contributed by atoms with Gasteiger partial charge < -0.3 is 21.3 Å². The van der Waals surface area contributed by atoms with Crippen LogP contribution in [0.15, 0.2) is 36.5 Å². The molecule has 134 valence electrons. The van der Waals surface area contributed by atoms with Gasteiger partial charge in [0.25, 0.3) is 5.91 Å². The zero-order valence-corrected chi connectivity index (χ0v) is 13.6. The van der Waals surface area contributed by atoms with E-state index in [1.165, 1.54) is 6.20 Å². The number of carbonyl (C=O) groups is 3. The molecule has 1 aromatic carbocycles. The highest BCUT2D eigenvalue weighted by atomic mass is 16.4. The number of hydrogen-bond donors (Lipinski definition) is 4. The number of hydrogen-bond acceptors (Lipinski definition) is 5. The van der Waals surface area contributed by atoms with Gasteiger partial charge in [-0.15, -0.1) is 0 Å². The number of aliphatic carboxylic acids is 2. The molecule has 0 bridgehead atoms. The van der Waals surface area contributed by atoms with E-state index < -0.39 is 47.2 Å². The number of carbonyl (C=O) groups excluding carboxylic acids is 1. The molecule has 1 aromatic heterocycles. The molecule has 0 radical (unpaired) electrons. The van der Waals surface area contributed by atoms with Crippen molar-refractivity contribution < 1.29 is 24.6 Å². The first-order valence-electron chi connectivity index (χ1n) is 8.24. The maximum atomic E-state index is 12.7. The van der Waals surface area contributed by atoms with Crippen molar-refractivity contribution in [2.45, 2.75) is 18.0 Å². The number of benzene rings is 1. The molecule has 2 aliphatic rings. The number of carboxylic acids is 2. The fourth-order valence-corrected chi connectivity index (χ4v) is 4.37. The zero-order valence-electron chi connectivity index (χ0n) is 13.6. The van der Waals surface area contributed by atoms with Gasteiger partial charge >= 0.3 is 11.9 Å². The number of carboxylic acid groups (broad SMARTS) is 2. The summed E-state index contributed by atoms with van der Waals surface area (Å²) in [5.41, 5.74) is 4.56. The van der Waals surface area contributed by atoms with Gasteiger partial charge in [0.1, 0.15) is 11.2 Å². The topological polar surface area (TPSA) is 143 Å². The first kappa shape index (κ1) is 16.5. The van der Waals surface area contributed by atoms with E-state index in [1.807, 2.05) is 12.1 Å². The lowest BCUT2D eigenvalue weighted by molar-refractivity contribution is -0.145. The van der Waals surface area contributed by atoms with Crippen LogP contribution in [0.4, 0.5) is 0 Å². The van der Waals surface area contributed by atoms with Crippen LogP contribution in [0.5, 0.6) is 0 Å². The number of nitrogens with two attached hydrogens (primary N) is 1. The predicted octanol–water partition coefficient (Wildman–Crippen LogP) is 0.466. The summed E-state index contributed by atoms with van der Waals surface area (Å²) in [6.45, 7) is 0. The van der Waals surface area contributed by atoms with E-state index in [0.29, 0.717) is 5.39 Å². The Balaban J connectivity index is 1.62. The fourth-order valence-electron chi connectivity index (χ4n) is 4.37. The van der Waals surface area contributed by atoms with Crippen LogP contribution in [0, 0.1) is 17.8 Å². The summed E-state index contributed by atoms with van der Waals surface area (Å²) in [5, 5.41) is 23.0. The molecule has 0 aliphatic heterocycles. The van der Waals surface area contributed by atoms with Crippen molar-refractivity contribution in [3.05, 3.63) is 42.2 Å². The molecule has 2 fully saturated rings. The highest BCUT2D eigenvalue weighted by Gasteiger charge is 2.74. The normalized spacial score (nSPS) is 32.0. The number of fused-ring (bicyclic) bond motifs is 2. The van der Waals surface area contributed by atoms with Gasteiger partial charge in [-0.05, 0) is 23.8 Å². The van der Waals surface area contributed by atoms with E-state index >= 15 is 0 Å². The summed E-state index contributed by atoms with van der Waals surface area (Å²) in [6.07, 6.45) is 1.52. The minimum Gasteiger partial charge on any atom is -0.481 e. The molecule has 1 heterocycles. The lowest BCUT2D eigenvalue weighted by Gasteiger charge is -2.25. The molecule has 0 spiro atoms. The Morgan fingerprint density at radius 1 is 1.19 bits per heavy atom. The van der Waals surface area contributed by atoms with Crippen molar-refractivity contribution in [1.82, 2.24) is 10.3 Å². The largest absolute Gasteiger partial charge is 0.481 e. The molecule has 0 unspecified atom stereocenters. The number of amides is 1. The summed E-state index contributed by atoms with van der Waals surface area (Å²) >= 11 is 0. The highest BCUT2D eigenvalue weighted by Crippen LogP contribution is 2.61. The molecule has 1 amide bonds. The first-order valence-corrected chi connectivity index (χ1v) is 8.24. The Morgan fingerprint density at radius 2 is 1.92 bits per heavy atom. The smallest absolute Gasteiger partial charge is 0.324 e. The molecule has 8 heteroatoms. The van der Waals surface area contributed by atoms with E-state index in [-0.39, 0.29) is 12.1 Å². The molecular formula is C18H17N3O5. The van der Waals surface area contributed by atoms with Crippen molar-refractivity contribution in [3.8, 4) is 0 Å². The third-order valence-electron chi connectivity index (χ3n) is 5.58. The molecule has 0 saturated heterocycles.